The van der Waals surface area contributed by atoms with Crippen LogP contribution in [-0.4, -0.2) is 18.2 Å². The van der Waals surface area contributed by atoms with E-state index in [2.05, 4.69) is 0 Å². The molecule has 3 nitrogen and oxygen atoms in total. The van der Waals surface area contributed by atoms with Crippen LogP contribution in [-0.2, 0) is 9.53 Å². The second-order valence-corrected chi connectivity index (χ2v) is 2.83. The van der Waals surface area contributed by atoms with Crippen molar-refractivity contribution in [1.29, 1.82) is 0 Å². The van der Waals surface area contributed by atoms with Crippen LogP contribution in [0.3, 0.4) is 0 Å². The van der Waals surface area contributed by atoms with E-state index in [0.29, 0.717) is 5.76 Å². The minimum atomic E-state index is -1.02. The number of rotatable bonds is 4. The summed E-state index contributed by atoms with van der Waals surface area (Å²) in [6.45, 7) is 0. The van der Waals surface area contributed by atoms with Crippen molar-refractivity contribution in [2.75, 3.05) is 7.11 Å². The van der Waals surface area contributed by atoms with Gasteiger partial charge in [0.05, 0.1) is 13.2 Å². The Morgan fingerprint density at radius 1 is 1.33 bits per heavy atom. The Morgan fingerprint density at radius 3 is 2.53 bits per heavy atom. The van der Waals surface area contributed by atoms with Gasteiger partial charge in [0.25, 0.3) is 0 Å². The molecule has 0 radical (unpaired) electrons. The minimum Gasteiger partial charge on any atom is -0.496 e. The van der Waals surface area contributed by atoms with Crippen LogP contribution >= 0.6 is 0 Å². The summed E-state index contributed by atoms with van der Waals surface area (Å²) in [6, 6.07) is 9.58. The van der Waals surface area contributed by atoms with Crippen molar-refractivity contribution < 1.29 is 14.6 Å². The lowest BCUT2D eigenvalue weighted by Gasteiger charge is -1.98. The van der Waals surface area contributed by atoms with Crippen LogP contribution in [0.1, 0.15) is 5.56 Å². The molecule has 1 N–H and O–H groups in total. The summed E-state index contributed by atoms with van der Waals surface area (Å²) in [4.78, 5) is 10.4. The maximum Gasteiger partial charge on any atom is 0.332 e. The molecule has 3 heteroatoms. The minimum absolute atomic E-state index is 0.311. The fourth-order valence-corrected chi connectivity index (χ4v) is 1.04. The zero-order valence-corrected chi connectivity index (χ0v) is 8.38. The first kappa shape index (κ1) is 11.0. The van der Waals surface area contributed by atoms with E-state index < -0.39 is 5.97 Å². The highest BCUT2D eigenvalue weighted by Crippen LogP contribution is 2.05. The lowest BCUT2D eigenvalue weighted by Crippen LogP contribution is -1.92. The highest BCUT2D eigenvalue weighted by molar-refractivity contribution is 5.81. The van der Waals surface area contributed by atoms with Crippen molar-refractivity contribution in [3.8, 4) is 0 Å². The van der Waals surface area contributed by atoms with Gasteiger partial charge in [0, 0.05) is 0 Å². The average molecular weight is 204 g/mol. The van der Waals surface area contributed by atoms with Gasteiger partial charge in [0.1, 0.15) is 5.76 Å². The van der Waals surface area contributed by atoms with Crippen LogP contribution in [0.4, 0.5) is 0 Å². The molecule has 0 atom stereocenters. The molecule has 0 aromatic heterocycles. The maximum atomic E-state index is 10.4. The van der Waals surface area contributed by atoms with E-state index in [1.807, 2.05) is 30.3 Å². The van der Waals surface area contributed by atoms with E-state index in [4.69, 9.17) is 9.84 Å². The first-order chi connectivity index (χ1) is 7.22. The smallest absolute Gasteiger partial charge is 0.332 e. The monoisotopic (exact) mass is 204 g/mol. The molecule has 0 spiro atoms. The molecule has 0 saturated carbocycles. The third kappa shape index (κ3) is 4.13. The molecule has 0 aliphatic carbocycles. The quantitative estimate of drug-likeness (QED) is 0.465. The van der Waals surface area contributed by atoms with Crippen LogP contribution in [0.25, 0.3) is 6.08 Å². The number of benzene rings is 1. The van der Waals surface area contributed by atoms with E-state index in [0.717, 1.165) is 11.6 Å². The number of carboxylic acids is 1. The molecule has 15 heavy (non-hydrogen) atoms. The Labute approximate surface area is 88.3 Å². The molecule has 1 aromatic rings. The fourth-order valence-electron chi connectivity index (χ4n) is 1.04. The zero-order valence-electron chi connectivity index (χ0n) is 8.38. The van der Waals surface area contributed by atoms with Gasteiger partial charge in [0.15, 0.2) is 0 Å². The van der Waals surface area contributed by atoms with Gasteiger partial charge in [-0.25, -0.2) is 4.79 Å². The molecule has 1 rings (SSSR count). The van der Waals surface area contributed by atoms with Crippen molar-refractivity contribution >= 4 is 12.0 Å². The highest BCUT2D eigenvalue weighted by Gasteiger charge is 1.94. The zero-order chi connectivity index (χ0) is 11.1. The first-order valence-corrected chi connectivity index (χ1v) is 4.44. The molecule has 78 valence electrons. The molecule has 0 unspecified atom stereocenters. The van der Waals surface area contributed by atoms with E-state index in [1.54, 1.807) is 12.2 Å². The molecule has 0 bridgehead atoms. The van der Waals surface area contributed by atoms with Crippen LogP contribution in [0.15, 0.2) is 48.2 Å². The lowest BCUT2D eigenvalue weighted by molar-refractivity contribution is -0.131. The first-order valence-electron chi connectivity index (χ1n) is 4.44. The summed E-state index contributed by atoms with van der Waals surface area (Å²) >= 11 is 0. The Morgan fingerprint density at radius 2 is 2.00 bits per heavy atom. The van der Waals surface area contributed by atoms with Gasteiger partial charge in [-0.2, -0.15) is 0 Å². The topological polar surface area (TPSA) is 46.5 Å². The summed E-state index contributed by atoms with van der Waals surface area (Å²) in [6.07, 6.45) is 4.42. The summed E-state index contributed by atoms with van der Waals surface area (Å²) in [5.41, 5.74) is 0.992. The third-order valence-electron chi connectivity index (χ3n) is 1.74. The Balaban J connectivity index is 2.76. The Bertz CT molecular complexity index is 377. The van der Waals surface area contributed by atoms with E-state index >= 15 is 0 Å². The second-order valence-electron chi connectivity index (χ2n) is 2.83. The number of hydrogen-bond donors (Lipinski definition) is 1. The normalized spacial score (nSPS) is 11.7. The van der Waals surface area contributed by atoms with Crippen molar-refractivity contribution in [3.05, 3.63) is 53.8 Å². The molecule has 0 fully saturated rings. The van der Waals surface area contributed by atoms with E-state index in [-0.39, 0.29) is 0 Å². The van der Waals surface area contributed by atoms with E-state index in [9.17, 15) is 4.79 Å². The standard InChI is InChI=1S/C12H12O3/c1-15-11(9-12(13)14)8-7-10-5-3-2-4-6-10/h2-9H,1H3,(H,13,14)/b8-7+,11-9+. The lowest BCUT2D eigenvalue weighted by atomic mass is 10.2. The van der Waals surface area contributed by atoms with Gasteiger partial charge < -0.3 is 9.84 Å². The Hall–Kier alpha value is -2.03. The number of carboxylic acid groups (broad SMARTS) is 1. The molecule has 0 amide bonds. The Kier molecular flexibility index (Phi) is 4.16. The predicted molar refractivity (Wildman–Crippen MR) is 58.2 cm³/mol. The van der Waals surface area contributed by atoms with Gasteiger partial charge in [0.2, 0.25) is 0 Å². The molecular formula is C12H12O3. The molecule has 0 saturated heterocycles. The molecular weight excluding hydrogens is 192 g/mol. The van der Waals surface area contributed by atoms with E-state index in [1.165, 1.54) is 7.11 Å². The fraction of sp³-hybridized carbons (Fsp3) is 0.0833. The summed E-state index contributed by atoms with van der Waals surface area (Å²) < 4.78 is 4.88. The van der Waals surface area contributed by atoms with Gasteiger partial charge >= 0.3 is 5.97 Å². The van der Waals surface area contributed by atoms with Crippen molar-refractivity contribution in [2.24, 2.45) is 0 Å². The van der Waals surface area contributed by atoms with Gasteiger partial charge in [-0.3, -0.25) is 0 Å². The van der Waals surface area contributed by atoms with Crippen LogP contribution < -0.4 is 0 Å². The largest absolute Gasteiger partial charge is 0.496 e. The average Bonchev–Trinajstić information content (AvgIpc) is 2.25. The maximum absolute atomic E-state index is 10.4. The van der Waals surface area contributed by atoms with Gasteiger partial charge in [-0.05, 0) is 11.6 Å². The number of allylic oxidation sites excluding steroid dienone is 1. The number of methoxy groups -OCH3 is 1. The predicted octanol–water partition coefficient (Wildman–Crippen LogP) is 2.31. The summed E-state index contributed by atoms with van der Waals surface area (Å²) in [5, 5.41) is 8.52. The van der Waals surface area contributed by atoms with Gasteiger partial charge in [-0.15, -0.1) is 0 Å². The molecule has 0 heterocycles. The second kappa shape index (κ2) is 5.65. The van der Waals surface area contributed by atoms with Gasteiger partial charge in [-0.1, -0.05) is 36.4 Å². The van der Waals surface area contributed by atoms with Crippen LogP contribution in [0, 0.1) is 0 Å². The number of hydrogen-bond acceptors (Lipinski definition) is 2. The SMILES string of the molecule is COC(/C=C/c1ccccc1)=C/C(=O)O. The summed E-state index contributed by atoms with van der Waals surface area (Å²) in [7, 11) is 1.43. The molecule has 1 aromatic carbocycles. The molecule has 0 aliphatic heterocycles. The van der Waals surface area contributed by atoms with Crippen LogP contribution in [0.2, 0.25) is 0 Å². The number of carbonyl (C=O) groups is 1. The molecule has 0 aliphatic rings. The van der Waals surface area contributed by atoms with Crippen molar-refractivity contribution in [2.45, 2.75) is 0 Å². The third-order valence-corrected chi connectivity index (χ3v) is 1.74. The summed E-state index contributed by atoms with van der Waals surface area (Å²) in [5.74, 6) is -0.712. The number of ether oxygens (including phenoxy) is 1. The number of aliphatic carboxylic acids is 1. The van der Waals surface area contributed by atoms with Crippen molar-refractivity contribution in [1.82, 2.24) is 0 Å². The highest BCUT2D eigenvalue weighted by atomic mass is 16.5. The van der Waals surface area contributed by atoms with Crippen LogP contribution in [0.5, 0.6) is 0 Å². The van der Waals surface area contributed by atoms with Crippen molar-refractivity contribution in [3.63, 3.8) is 0 Å².